The zero-order chi connectivity index (χ0) is 16.9. The number of thioether (sulfide) groups is 1. The van der Waals surface area contributed by atoms with Gasteiger partial charge >= 0.3 is 6.09 Å². The van der Waals surface area contributed by atoms with Crippen molar-refractivity contribution in [3.8, 4) is 0 Å². The van der Waals surface area contributed by atoms with Crippen LogP contribution in [0.15, 0.2) is 23.1 Å². The summed E-state index contributed by atoms with van der Waals surface area (Å²) in [6.45, 7) is 6.84. The monoisotopic (exact) mass is 340 g/mol. The molecule has 0 saturated carbocycles. The minimum Gasteiger partial charge on any atom is -0.444 e. The van der Waals surface area contributed by atoms with Gasteiger partial charge in [0.1, 0.15) is 11.4 Å². The Hall–Kier alpha value is -1.27. The lowest BCUT2D eigenvalue weighted by molar-refractivity contribution is 0.0527. The van der Waals surface area contributed by atoms with Crippen LogP contribution in [-0.2, 0) is 4.74 Å². The lowest BCUT2D eigenvalue weighted by atomic mass is 10.0. The maximum atomic E-state index is 13.4. The maximum absolute atomic E-state index is 13.4. The van der Waals surface area contributed by atoms with E-state index in [1.807, 2.05) is 26.8 Å². The van der Waals surface area contributed by atoms with E-state index in [0.29, 0.717) is 6.54 Å². The molecule has 6 heteroatoms. The molecule has 0 aliphatic carbocycles. The van der Waals surface area contributed by atoms with E-state index in [4.69, 9.17) is 4.74 Å². The highest BCUT2D eigenvalue weighted by atomic mass is 32.2. The Bertz CT molecular complexity index is 546. The molecule has 4 nitrogen and oxygen atoms in total. The second-order valence-electron chi connectivity index (χ2n) is 6.61. The fourth-order valence-electron chi connectivity index (χ4n) is 2.45. The number of carbonyl (C=O) groups excluding carboxylic acids is 1. The Balaban J connectivity index is 1.72. The van der Waals surface area contributed by atoms with E-state index < -0.39 is 5.60 Å². The minimum absolute atomic E-state index is 0.184. The molecule has 1 aliphatic rings. The van der Waals surface area contributed by atoms with Gasteiger partial charge in [0.05, 0.1) is 0 Å². The Labute approximate surface area is 141 Å². The fraction of sp³-hybridized carbons (Fsp3) is 0.588. The molecular formula is C17H25FN2O2S. The van der Waals surface area contributed by atoms with Gasteiger partial charge in [0, 0.05) is 17.5 Å². The molecule has 0 bridgehead atoms. The van der Waals surface area contributed by atoms with Crippen molar-refractivity contribution in [2.75, 3.05) is 18.8 Å². The molecule has 1 aromatic rings. The Kier molecular flexibility index (Phi) is 6.30. The van der Waals surface area contributed by atoms with Crippen LogP contribution in [0.25, 0.3) is 0 Å². The third-order valence-corrected chi connectivity index (χ3v) is 4.55. The first-order chi connectivity index (χ1) is 10.8. The molecule has 1 unspecified atom stereocenters. The van der Waals surface area contributed by atoms with Crippen LogP contribution in [0.5, 0.6) is 0 Å². The molecule has 1 heterocycles. The number of halogens is 1. The average Bonchev–Trinajstić information content (AvgIpc) is 2.45. The van der Waals surface area contributed by atoms with Crippen LogP contribution < -0.4 is 10.6 Å². The summed E-state index contributed by atoms with van der Waals surface area (Å²) in [7, 11) is 0. The molecule has 0 saturated heterocycles. The minimum atomic E-state index is -0.476. The van der Waals surface area contributed by atoms with Crippen molar-refractivity contribution in [1.82, 2.24) is 10.6 Å². The van der Waals surface area contributed by atoms with Crippen molar-refractivity contribution >= 4 is 17.9 Å². The number of nitrogens with one attached hydrogen (secondary N) is 2. The molecule has 0 radical (unpaired) electrons. The van der Waals surface area contributed by atoms with Crippen LogP contribution in [0.3, 0.4) is 0 Å². The summed E-state index contributed by atoms with van der Waals surface area (Å²) in [5.41, 5.74) is 0.567. The number of alkyl carbamates (subject to hydrolysis) is 1. The first-order valence-electron chi connectivity index (χ1n) is 7.97. The Morgan fingerprint density at radius 3 is 2.91 bits per heavy atom. The second kappa shape index (κ2) is 8.02. The summed E-state index contributed by atoms with van der Waals surface area (Å²) in [6, 6.07) is 5.17. The SMILES string of the molecule is CC(C)(C)OC(=O)NCCCNC1CCSc2ccc(F)cc21. The predicted octanol–water partition coefficient (Wildman–Crippen LogP) is 3.87. The van der Waals surface area contributed by atoms with Crippen LogP contribution in [0.4, 0.5) is 9.18 Å². The molecule has 0 fully saturated rings. The molecule has 0 spiro atoms. The largest absolute Gasteiger partial charge is 0.444 e. The van der Waals surface area contributed by atoms with Crippen molar-refractivity contribution in [2.45, 2.75) is 50.2 Å². The van der Waals surface area contributed by atoms with Gasteiger partial charge in [-0.05, 0) is 69.7 Å². The van der Waals surface area contributed by atoms with Gasteiger partial charge in [0.15, 0.2) is 0 Å². The van der Waals surface area contributed by atoms with Crippen molar-refractivity contribution < 1.29 is 13.9 Å². The van der Waals surface area contributed by atoms with E-state index in [2.05, 4.69) is 10.6 Å². The molecule has 2 N–H and O–H groups in total. The van der Waals surface area contributed by atoms with E-state index in [9.17, 15) is 9.18 Å². The van der Waals surface area contributed by atoms with Crippen molar-refractivity contribution in [1.29, 1.82) is 0 Å². The number of hydrogen-bond donors (Lipinski definition) is 2. The third kappa shape index (κ3) is 6.03. The molecule has 1 atom stereocenters. The molecule has 0 aromatic heterocycles. The second-order valence-corrected chi connectivity index (χ2v) is 7.74. The maximum Gasteiger partial charge on any atom is 0.407 e. The predicted molar refractivity (Wildman–Crippen MR) is 91.3 cm³/mol. The zero-order valence-corrected chi connectivity index (χ0v) is 14.8. The number of carbonyl (C=O) groups is 1. The normalized spacial score (nSPS) is 17.5. The lowest BCUT2D eigenvalue weighted by Crippen LogP contribution is -2.34. The van der Waals surface area contributed by atoms with E-state index in [-0.39, 0.29) is 18.0 Å². The van der Waals surface area contributed by atoms with Gasteiger partial charge in [-0.1, -0.05) is 0 Å². The summed E-state index contributed by atoms with van der Waals surface area (Å²) in [5.74, 6) is 0.844. The fourth-order valence-corrected chi connectivity index (χ4v) is 3.55. The Morgan fingerprint density at radius 2 is 2.17 bits per heavy atom. The van der Waals surface area contributed by atoms with E-state index in [0.717, 1.165) is 35.6 Å². The first kappa shape index (κ1) is 18.1. The molecule has 23 heavy (non-hydrogen) atoms. The number of ether oxygens (including phenoxy) is 1. The van der Waals surface area contributed by atoms with Crippen LogP contribution in [0.2, 0.25) is 0 Å². The number of benzene rings is 1. The van der Waals surface area contributed by atoms with Gasteiger partial charge in [0.2, 0.25) is 0 Å². The zero-order valence-electron chi connectivity index (χ0n) is 13.9. The molecular weight excluding hydrogens is 315 g/mol. The molecule has 1 aromatic carbocycles. The van der Waals surface area contributed by atoms with Gasteiger partial charge in [-0.3, -0.25) is 0 Å². The van der Waals surface area contributed by atoms with Crippen molar-refractivity contribution in [3.05, 3.63) is 29.6 Å². The van der Waals surface area contributed by atoms with Crippen molar-refractivity contribution in [2.24, 2.45) is 0 Å². The molecule has 128 valence electrons. The van der Waals surface area contributed by atoms with Gasteiger partial charge in [-0.25, -0.2) is 9.18 Å². The van der Waals surface area contributed by atoms with Gasteiger partial charge in [-0.2, -0.15) is 0 Å². The summed E-state index contributed by atoms with van der Waals surface area (Å²) in [4.78, 5) is 12.7. The number of amides is 1. The number of rotatable bonds is 5. The lowest BCUT2D eigenvalue weighted by Gasteiger charge is -2.26. The number of hydrogen-bond acceptors (Lipinski definition) is 4. The summed E-state index contributed by atoms with van der Waals surface area (Å²) in [5, 5.41) is 6.19. The summed E-state index contributed by atoms with van der Waals surface area (Å²) < 4.78 is 18.6. The molecule has 1 amide bonds. The van der Waals surface area contributed by atoms with Crippen LogP contribution in [0.1, 0.15) is 45.2 Å². The van der Waals surface area contributed by atoms with Crippen LogP contribution in [-0.4, -0.2) is 30.5 Å². The summed E-state index contributed by atoms with van der Waals surface area (Å²) in [6.07, 6.45) is 1.40. The topological polar surface area (TPSA) is 50.4 Å². The van der Waals surface area contributed by atoms with Crippen LogP contribution >= 0.6 is 11.8 Å². The van der Waals surface area contributed by atoms with Crippen molar-refractivity contribution in [3.63, 3.8) is 0 Å². The standard InChI is InChI=1S/C17H25FN2O2S/c1-17(2,3)22-16(21)20-9-4-8-19-14-7-10-23-15-6-5-12(18)11-13(14)15/h5-6,11,14,19H,4,7-10H2,1-3H3,(H,20,21). The summed E-state index contributed by atoms with van der Waals surface area (Å²) >= 11 is 1.77. The van der Waals surface area contributed by atoms with Gasteiger partial charge in [-0.15, -0.1) is 11.8 Å². The highest BCUT2D eigenvalue weighted by Gasteiger charge is 2.20. The van der Waals surface area contributed by atoms with Crippen LogP contribution in [0, 0.1) is 5.82 Å². The molecule has 1 aliphatic heterocycles. The number of fused-ring (bicyclic) bond motifs is 1. The van der Waals surface area contributed by atoms with Gasteiger partial charge in [0.25, 0.3) is 0 Å². The third-order valence-electron chi connectivity index (χ3n) is 3.42. The first-order valence-corrected chi connectivity index (χ1v) is 8.96. The van der Waals surface area contributed by atoms with E-state index >= 15 is 0 Å². The highest BCUT2D eigenvalue weighted by molar-refractivity contribution is 7.99. The smallest absolute Gasteiger partial charge is 0.407 e. The quantitative estimate of drug-likeness (QED) is 0.799. The van der Waals surface area contributed by atoms with Gasteiger partial charge < -0.3 is 15.4 Å². The van der Waals surface area contributed by atoms with E-state index in [1.165, 1.54) is 6.07 Å². The molecule has 2 rings (SSSR count). The average molecular weight is 340 g/mol. The highest BCUT2D eigenvalue weighted by Crippen LogP contribution is 2.36. The van der Waals surface area contributed by atoms with E-state index in [1.54, 1.807) is 17.8 Å². The Morgan fingerprint density at radius 1 is 1.39 bits per heavy atom.